The van der Waals surface area contributed by atoms with Crippen molar-refractivity contribution >= 4 is 29.9 Å². The maximum Gasteiger partial charge on any atom is 0.191 e. The molecule has 0 bridgehead atoms. The molecule has 0 aliphatic carbocycles. The lowest BCUT2D eigenvalue weighted by molar-refractivity contribution is 0.224. The van der Waals surface area contributed by atoms with Gasteiger partial charge < -0.3 is 20.0 Å². The molecular formula is C17H31IN4O. The number of nitrogens with one attached hydrogen (secondary N) is 2. The molecule has 1 aliphatic heterocycles. The van der Waals surface area contributed by atoms with Crippen LogP contribution in [0.5, 0.6) is 0 Å². The predicted molar refractivity (Wildman–Crippen MR) is 106 cm³/mol. The first-order chi connectivity index (χ1) is 10.9. The summed E-state index contributed by atoms with van der Waals surface area (Å²) in [5.74, 6) is 1.76. The molecule has 1 saturated heterocycles. The van der Waals surface area contributed by atoms with Crippen LogP contribution >= 0.6 is 24.0 Å². The smallest absolute Gasteiger partial charge is 0.191 e. The van der Waals surface area contributed by atoms with Gasteiger partial charge in [0.25, 0.3) is 0 Å². The SMILES string of the molecule is CN=C(NCCCCCN1CCCCC1)NCc1ccco1.I. The van der Waals surface area contributed by atoms with Gasteiger partial charge in [0.2, 0.25) is 0 Å². The van der Waals surface area contributed by atoms with Crippen molar-refractivity contribution < 1.29 is 4.42 Å². The third kappa shape index (κ3) is 8.60. The van der Waals surface area contributed by atoms with Gasteiger partial charge in [-0.1, -0.05) is 12.8 Å². The maximum absolute atomic E-state index is 5.29. The first-order valence-corrected chi connectivity index (χ1v) is 8.58. The van der Waals surface area contributed by atoms with E-state index in [1.807, 2.05) is 12.1 Å². The number of nitrogens with zero attached hydrogens (tertiary/aromatic N) is 2. The molecule has 5 nitrogen and oxygen atoms in total. The number of aliphatic imine (C=N–C) groups is 1. The molecule has 0 atom stereocenters. The van der Waals surface area contributed by atoms with Gasteiger partial charge >= 0.3 is 0 Å². The number of piperidine rings is 1. The molecule has 132 valence electrons. The van der Waals surface area contributed by atoms with Gasteiger partial charge in [0, 0.05) is 13.6 Å². The highest BCUT2D eigenvalue weighted by Crippen LogP contribution is 2.09. The highest BCUT2D eigenvalue weighted by molar-refractivity contribution is 14.0. The molecule has 1 aromatic heterocycles. The van der Waals surface area contributed by atoms with E-state index in [4.69, 9.17) is 4.42 Å². The molecule has 0 radical (unpaired) electrons. The zero-order valence-corrected chi connectivity index (χ0v) is 16.6. The monoisotopic (exact) mass is 434 g/mol. The Kier molecular flexibility index (Phi) is 11.1. The van der Waals surface area contributed by atoms with E-state index in [-0.39, 0.29) is 24.0 Å². The third-order valence-electron chi connectivity index (χ3n) is 4.13. The van der Waals surface area contributed by atoms with Gasteiger partial charge in [0.15, 0.2) is 5.96 Å². The molecule has 2 heterocycles. The second-order valence-corrected chi connectivity index (χ2v) is 5.89. The Bertz CT molecular complexity index is 416. The molecule has 1 fully saturated rings. The van der Waals surface area contributed by atoms with Crippen molar-refractivity contribution in [3.8, 4) is 0 Å². The summed E-state index contributed by atoms with van der Waals surface area (Å²) in [5, 5.41) is 6.61. The minimum absolute atomic E-state index is 0. The third-order valence-corrected chi connectivity index (χ3v) is 4.13. The molecule has 0 saturated carbocycles. The van der Waals surface area contributed by atoms with Crippen LogP contribution in [0.15, 0.2) is 27.8 Å². The number of unbranched alkanes of at least 4 members (excludes halogenated alkanes) is 2. The van der Waals surface area contributed by atoms with Gasteiger partial charge in [-0.25, -0.2) is 0 Å². The largest absolute Gasteiger partial charge is 0.467 e. The van der Waals surface area contributed by atoms with Gasteiger partial charge in [0.1, 0.15) is 5.76 Å². The van der Waals surface area contributed by atoms with Gasteiger partial charge in [-0.3, -0.25) is 4.99 Å². The molecule has 2 rings (SSSR count). The van der Waals surface area contributed by atoms with Gasteiger partial charge in [-0.15, -0.1) is 24.0 Å². The quantitative estimate of drug-likeness (QED) is 0.286. The fraction of sp³-hybridized carbons (Fsp3) is 0.706. The van der Waals surface area contributed by atoms with Gasteiger partial charge in [0.05, 0.1) is 12.8 Å². The number of halogens is 1. The number of rotatable bonds is 8. The van der Waals surface area contributed by atoms with E-state index >= 15 is 0 Å². The maximum atomic E-state index is 5.29. The number of likely N-dealkylation sites (tertiary alicyclic amines) is 1. The Morgan fingerprint density at radius 1 is 1.17 bits per heavy atom. The van der Waals surface area contributed by atoms with Crippen LogP contribution in [0, 0.1) is 0 Å². The Morgan fingerprint density at radius 2 is 2.00 bits per heavy atom. The molecule has 0 aromatic carbocycles. The summed E-state index contributed by atoms with van der Waals surface area (Å²) >= 11 is 0. The Morgan fingerprint density at radius 3 is 2.70 bits per heavy atom. The summed E-state index contributed by atoms with van der Waals surface area (Å²) < 4.78 is 5.29. The lowest BCUT2D eigenvalue weighted by Crippen LogP contribution is -2.37. The molecule has 1 aliphatic rings. The number of hydrogen-bond acceptors (Lipinski definition) is 3. The summed E-state index contributed by atoms with van der Waals surface area (Å²) in [5.41, 5.74) is 0. The zero-order valence-electron chi connectivity index (χ0n) is 14.2. The van der Waals surface area contributed by atoms with E-state index in [1.165, 1.54) is 58.2 Å². The van der Waals surface area contributed by atoms with E-state index in [0.717, 1.165) is 18.3 Å². The van der Waals surface area contributed by atoms with E-state index in [9.17, 15) is 0 Å². The molecule has 1 aromatic rings. The van der Waals surface area contributed by atoms with Crippen LogP contribution in [-0.4, -0.2) is 44.1 Å². The lowest BCUT2D eigenvalue weighted by atomic mass is 10.1. The van der Waals surface area contributed by atoms with Crippen LogP contribution < -0.4 is 10.6 Å². The number of guanidine groups is 1. The summed E-state index contributed by atoms with van der Waals surface area (Å²) in [6.45, 7) is 5.52. The minimum Gasteiger partial charge on any atom is -0.467 e. The average Bonchev–Trinajstić information content (AvgIpc) is 3.08. The van der Waals surface area contributed by atoms with E-state index < -0.39 is 0 Å². The second-order valence-electron chi connectivity index (χ2n) is 5.89. The lowest BCUT2D eigenvalue weighted by Gasteiger charge is -2.26. The standard InChI is InChI=1S/C17H30N4O.HI/c1-18-17(20-15-16-9-8-14-22-16)19-10-4-2-5-11-21-12-6-3-7-13-21;/h8-9,14H,2-7,10-13,15H2,1H3,(H2,18,19,20);1H. The van der Waals surface area contributed by atoms with Crippen molar-refractivity contribution in [1.29, 1.82) is 0 Å². The van der Waals surface area contributed by atoms with E-state index in [1.54, 1.807) is 13.3 Å². The van der Waals surface area contributed by atoms with Crippen molar-refractivity contribution in [2.45, 2.75) is 45.1 Å². The van der Waals surface area contributed by atoms with Crippen molar-refractivity contribution in [1.82, 2.24) is 15.5 Å². The van der Waals surface area contributed by atoms with Crippen LogP contribution in [0.25, 0.3) is 0 Å². The highest BCUT2D eigenvalue weighted by Gasteiger charge is 2.08. The molecular weight excluding hydrogens is 403 g/mol. The molecule has 0 unspecified atom stereocenters. The molecule has 2 N–H and O–H groups in total. The Hall–Kier alpha value is -0.760. The van der Waals surface area contributed by atoms with Crippen LogP contribution in [0.4, 0.5) is 0 Å². The normalized spacial score (nSPS) is 16.0. The fourth-order valence-electron chi connectivity index (χ4n) is 2.83. The van der Waals surface area contributed by atoms with Gasteiger partial charge in [-0.2, -0.15) is 0 Å². The number of hydrogen-bond donors (Lipinski definition) is 2. The topological polar surface area (TPSA) is 52.8 Å². The number of furan rings is 1. The minimum atomic E-state index is 0. The van der Waals surface area contributed by atoms with Crippen molar-refractivity contribution in [2.75, 3.05) is 33.2 Å². The predicted octanol–water partition coefficient (Wildman–Crippen LogP) is 3.22. The molecule has 23 heavy (non-hydrogen) atoms. The summed E-state index contributed by atoms with van der Waals surface area (Å²) in [7, 11) is 1.80. The first-order valence-electron chi connectivity index (χ1n) is 8.58. The Labute approximate surface area is 157 Å². The van der Waals surface area contributed by atoms with Crippen molar-refractivity contribution in [2.24, 2.45) is 4.99 Å². The fourth-order valence-corrected chi connectivity index (χ4v) is 2.83. The van der Waals surface area contributed by atoms with Crippen molar-refractivity contribution in [3.05, 3.63) is 24.2 Å². The summed E-state index contributed by atoms with van der Waals surface area (Å²) in [6.07, 6.45) is 9.66. The van der Waals surface area contributed by atoms with Gasteiger partial charge in [-0.05, 0) is 57.5 Å². The van der Waals surface area contributed by atoms with E-state index in [0.29, 0.717) is 6.54 Å². The van der Waals surface area contributed by atoms with Crippen LogP contribution in [0.2, 0.25) is 0 Å². The van der Waals surface area contributed by atoms with Crippen LogP contribution in [0.3, 0.4) is 0 Å². The van der Waals surface area contributed by atoms with Crippen LogP contribution in [0.1, 0.15) is 44.3 Å². The Balaban J connectivity index is 0.00000264. The zero-order chi connectivity index (χ0) is 15.5. The molecule has 0 spiro atoms. The van der Waals surface area contributed by atoms with Crippen molar-refractivity contribution in [3.63, 3.8) is 0 Å². The van der Waals surface area contributed by atoms with E-state index in [2.05, 4.69) is 20.5 Å². The first kappa shape index (κ1) is 20.3. The molecule has 6 heteroatoms. The molecule has 0 amide bonds. The van der Waals surface area contributed by atoms with Crippen LogP contribution in [-0.2, 0) is 6.54 Å². The highest BCUT2D eigenvalue weighted by atomic mass is 127. The average molecular weight is 434 g/mol. The second kappa shape index (κ2) is 12.6. The summed E-state index contributed by atoms with van der Waals surface area (Å²) in [6, 6.07) is 3.86. The summed E-state index contributed by atoms with van der Waals surface area (Å²) in [4.78, 5) is 6.84.